The van der Waals surface area contributed by atoms with E-state index in [1.54, 1.807) is 35.6 Å². The van der Waals surface area contributed by atoms with Crippen molar-refractivity contribution in [2.24, 2.45) is 0 Å². The number of hydrogen-bond donors (Lipinski definition) is 1. The van der Waals surface area contributed by atoms with Crippen LogP contribution in [0.5, 0.6) is 0 Å². The van der Waals surface area contributed by atoms with Crippen molar-refractivity contribution in [1.82, 2.24) is 10.3 Å². The first-order valence-electron chi connectivity index (χ1n) is 8.86. The topological polar surface area (TPSA) is 76.1 Å². The molecule has 146 valence electrons. The Kier molecular flexibility index (Phi) is 6.26. The Morgan fingerprint density at radius 3 is 2.39 bits per heavy atom. The Labute approximate surface area is 169 Å². The highest BCUT2D eigenvalue weighted by Gasteiger charge is 2.09. The molecule has 1 N–H and O–H groups in total. The van der Waals surface area contributed by atoms with Gasteiger partial charge in [0, 0.05) is 35.7 Å². The summed E-state index contributed by atoms with van der Waals surface area (Å²) >= 11 is 1.60. The summed E-state index contributed by atoms with van der Waals surface area (Å²) in [5, 5.41) is 5.87. The molecule has 0 aliphatic heterocycles. The highest BCUT2D eigenvalue weighted by atomic mass is 32.2. The van der Waals surface area contributed by atoms with Gasteiger partial charge in [-0.25, -0.2) is 13.4 Å². The Bertz CT molecular complexity index is 1050. The van der Waals surface area contributed by atoms with E-state index in [-0.39, 0.29) is 11.7 Å². The minimum Gasteiger partial charge on any atom is -0.352 e. The van der Waals surface area contributed by atoms with Crippen LogP contribution in [-0.2, 0) is 22.0 Å². The molecule has 0 aliphatic carbocycles. The number of amides is 1. The normalized spacial score (nSPS) is 11.4. The number of carbonyl (C=O) groups excluding carboxylic acids is 1. The third kappa shape index (κ3) is 5.74. The number of hydrogen-bond acceptors (Lipinski definition) is 5. The molecular weight excluding hydrogens is 392 g/mol. The maximum absolute atomic E-state index is 12.2. The van der Waals surface area contributed by atoms with Crippen LogP contribution in [0.1, 0.15) is 27.2 Å². The molecular formula is C21H22N2O3S2. The van der Waals surface area contributed by atoms with E-state index in [1.165, 1.54) is 11.8 Å². The van der Waals surface area contributed by atoms with Gasteiger partial charge in [-0.15, -0.1) is 11.3 Å². The van der Waals surface area contributed by atoms with Crippen LogP contribution in [0.25, 0.3) is 10.6 Å². The molecule has 2 aromatic carbocycles. The lowest BCUT2D eigenvalue weighted by Gasteiger charge is -2.05. The average Bonchev–Trinajstić information content (AvgIpc) is 3.10. The Hall–Kier alpha value is -2.51. The minimum atomic E-state index is -3.08. The Balaban J connectivity index is 1.52. The number of aromatic nitrogens is 1. The molecule has 0 spiro atoms. The van der Waals surface area contributed by atoms with Crippen LogP contribution in [0.2, 0.25) is 0 Å². The summed E-state index contributed by atoms with van der Waals surface area (Å²) in [6, 6.07) is 14.9. The van der Waals surface area contributed by atoms with Crippen molar-refractivity contribution >= 4 is 27.1 Å². The minimum absolute atomic E-state index is 0.0258. The van der Waals surface area contributed by atoms with Crippen LogP contribution in [0.4, 0.5) is 0 Å². The molecule has 5 nitrogen and oxygen atoms in total. The molecule has 1 heterocycles. The molecule has 0 radical (unpaired) electrons. The van der Waals surface area contributed by atoms with Crippen molar-refractivity contribution in [2.45, 2.75) is 19.1 Å². The van der Waals surface area contributed by atoms with Crippen LogP contribution < -0.4 is 5.32 Å². The molecule has 0 saturated heterocycles. The number of aryl methyl sites for hydroxylation is 1. The zero-order valence-electron chi connectivity index (χ0n) is 15.8. The number of sulfone groups is 1. The van der Waals surface area contributed by atoms with E-state index in [1.807, 2.05) is 5.38 Å². The average molecular weight is 415 g/mol. The van der Waals surface area contributed by atoms with E-state index in [4.69, 9.17) is 0 Å². The number of carbonyl (C=O) groups is 1. The molecule has 0 unspecified atom stereocenters. The van der Waals surface area contributed by atoms with E-state index in [0.29, 0.717) is 24.1 Å². The van der Waals surface area contributed by atoms with Gasteiger partial charge < -0.3 is 5.32 Å². The van der Waals surface area contributed by atoms with E-state index < -0.39 is 9.84 Å². The second-order valence-corrected chi connectivity index (χ2v) is 9.78. The fourth-order valence-corrected chi connectivity index (χ4v) is 4.37. The second-order valence-electron chi connectivity index (χ2n) is 6.78. The number of benzene rings is 2. The van der Waals surface area contributed by atoms with Crippen LogP contribution in [0.3, 0.4) is 0 Å². The largest absolute Gasteiger partial charge is 0.352 e. The van der Waals surface area contributed by atoms with E-state index in [0.717, 1.165) is 16.3 Å². The van der Waals surface area contributed by atoms with Gasteiger partial charge in [-0.3, -0.25) is 4.79 Å². The summed E-state index contributed by atoms with van der Waals surface area (Å²) < 4.78 is 22.6. The van der Waals surface area contributed by atoms with Crippen LogP contribution in [-0.4, -0.2) is 32.1 Å². The van der Waals surface area contributed by atoms with Crippen molar-refractivity contribution in [3.8, 4) is 10.6 Å². The summed E-state index contributed by atoms with van der Waals surface area (Å²) in [6.45, 7) is 2.54. The molecule has 1 amide bonds. The van der Waals surface area contributed by atoms with Crippen molar-refractivity contribution in [1.29, 1.82) is 0 Å². The molecule has 0 aliphatic rings. The van der Waals surface area contributed by atoms with Gasteiger partial charge in [-0.1, -0.05) is 42.0 Å². The fourth-order valence-electron chi connectivity index (χ4n) is 2.71. The predicted octanol–water partition coefficient (Wildman–Crippen LogP) is 3.64. The Morgan fingerprint density at radius 1 is 1.07 bits per heavy atom. The third-order valence-corrected chi connectivity index (χ3v) is 5.96. The second kappa shape index (κ2) is 8.67. The molecule has 0 saturated carbocycles. The molecule has 3 aromatic rings. The van der Waals surface area contributed by atoms with Gasteiger partial charge in [0.05, 0.1) is 11.4 Å². The summed E-state index contributed by atoms with van der Waals surface area (Å²) in [5.41, 5.74) is 4.44. The first kappa shape index (κ1) is 20.2. The highest BCUT2D eigenvalue weighted by molar-refractivity contribution is 7.89. The number of nitrogens with one attached hydrogen (secondary N) is 1. The standard InChI is InChI=1S/C21H22N2O3S2/c1-15-3-7-18(8-4-15)21-23-19(13-27-21)11-12-22-20(24)17-9-5-16(6-10-17)14-28(2,25)26/h3-10,13H,11-12,14H2,1-2H3,(H,22,24). The zero-order valence-corrected chi connectivity index (χ0v) is 17.4. The van der Waals surface area contributed by atoms with E-state index in [2.05, 4.69) is 41.5 Å². The first-order chi connectivity index (χ1) is 13.3. The van der Waals surface area contributed by atoms with Gasteiger partial charge in [-0.05, 0) is 24.6 Å². The number of thiazole rings is 1. The smallest absolute Gasteiger partial charge is 0.251 e. The molecule has 7 heteroatoms. The quantitative estimate of drug-likeness (QED) is 0.640. The lowest BCUT2D eigenvalue weighted by Crippen LogP contribution is -2.25. The van der Waals surface area contributed by atoms with Gasteiger partial charge in [0.25, 0.3) is 5.91 Å². The molecule has 1 aromatic heterocycles. The lowest BCUT2D eigenvalue weighted by molar-refractivity contribution is 0.0954. The zero-order chi connectivity index (χ0) is 20.1. The van der Waals surface area contributed by atoms with Crippen LogP contribution >= 0.6 is 11.3 Å². The summed E-state index contributed by atoms with van der Waals surface area (Å²) in [7, 11) is -3.08. The monoisotopic (exact) mass is 414 g/mol. The van der Waals surface area contributed by atoms with Gasteiger partial charge >= 0.3 is 0 Å². The maximum atomic E-state index is 12.2. The Morgan fingerprint density at radius 2 is 1.75 bits per heavy atom. The van der Waals surface area contributed by atoms with Gasteiger partial charge in [-0.2, -0.15) is 0 Å². The molecule has 3 rings (SSSR count). The van der Waals surface area contributed by atoms with Crippen LogP contribution in [0.15, 0.2) is 53.9 Å². The third-order valence-electron chi connectivity index (χ3n) is 4.16. The lowest BCUT2D eigenvalue weighted by atomic mass is 10.1. The number of rotatable bonds is 7. The molecule has 0 bridgehead atoms. The van der Waals surface area contributed by atoms with Gasteiger partial charge in [0.1, 0.15) is 5.01 Å². The van der Waals surface area contributed by atoms with Gasteiger partial charge in [0.15, 0.2) is 9.84 Å². The maximum Gasteiger partial charge on any atom is 0.251 e. The summed E-state index contributed by atoms with van der Waals surface area (Å²) in [5.74, 6) is -0.206. The van der Waals surface area contributed by atoms with Gasteiger partial charge in [0.2, 0.25) is 0 Å². The van der Waals surface area contributed by atoms with E-state index >= 15 is 0 Å². The SMILES string of the molecule is Cc1ccc(-c2nc(CCNC(=O)c3ccc(CS(C)(=O)=O)cc3)cs2)cc1. The first-order valence-corrected chi connectivity index (χ1v) is 11.8. The fraction of sp³-hybridized carbons (Fsp3) is 0.238. The molecule has 0 fully saturated rings. The highest BCUT2D eigenvalue weighted by Crippen LogP contribution is 2.24. The molecule has 0 atom stereocenters. The van der Waals surface area contributed by atoms with Crippen molar-refractivity contribution in [2.75, 3.05) is 12.8 Å². The van der Waals surface area contributed by atoms with Crippen molar-refractivity contribution < 1.29 is 13.2 Å². The summed E-state index contributed by atoms with van der Waals surface area (Å²) in [6.07, 6.45) is 1.84. The van der Waals surface area contributed by atoms with Crippen molar-refractivity contribution in [3.63, 3.8) is 0 Å². The van der Waals surface area contributed by atoms with E-state index in [9.17, 15) is 13.2 Å². The predicted molar refractivity (Wildman–Crippen MR) is 113 cm³/mol. The number of nitrogens with zero attached hydrogens (tertiary/aromatic N) is 1. The van der Waals surface area contributed by atoms with Crippen LogP contribution in [0, 0.1) is 6.92 Å². The molecule has 28 heavy (non-hydrogen) atoms. The summed E-state index contributed by atoms with van der Waals surface area (Å²) in [4.78, 5) is 16.9. The van der Waals surface area contributed by atoms with Crippen molar-refractivity contribution in [3.05, 3.63) is 76.3 Å².